The molecule has 0 unspecified atom stereocenters. The molecular formula is C12H12BrN3O. The smallest absolute Gasteiger partial charge is 0.224 e. The summed E-state index contributed by atoms with van der Waals surface area (Å²) in [5.74, 6) is 1.14. The number of pyridine rings is 2. The summed E-state index contributed by atoms with van der Waals surface area (Å²) in [4.78, 5) is 8.20. The highest BCUT2D eigenvalue weighted by atomic mass is 79.9. The molecule has 0 amide bonds. The van der Waals surface area contributed by atoms with E-state index in [1.54, 1.807) is 18.6 Å². The maximum atomic E-state index is 5.85. The fourth-order valence-electron chi connectivity index (χ4n) is 1.39. The van der Waals surface area contributed by atoms with Crippen molar-refractivity contribution in [3.63, 3.8) is 0 Å². The molecule has 2 N–H and O–H groups in total. The SMILES string of the molecule is C[C@H](N)c1cccnc1Oc1cncc(Br)c1. The lowest BCUT2D eigenvalue weighted by atomic mass is 10.1. The molecule has 0 saturated carbocycles. The van der Waals surface area contributed by atoms with Gasteiger partial charge in [-0.1, -0.05) is 6.07 Å². The largest absolute Gasteiger partial charge is 0.437 e. The quantitative estimate of drug-likeness (QED) is 0.945. The van der Waals surface area contributed by atoms with Crippen LogP contribution < -0.4 is 10.5 Å². The number of aromatic nitrogens is 2. The second kappa shape index (κ2) is 5.25. The van der Waals surface area contributed by atoms with E-state index in [2.05, 4.69) is 25.9 Å². The van der Waals surface area contributed by atoms with Gasteiger partial charge in [-0.3, -0.25) is 4.98 Å². The Balaban J connectivity index is 2.30. The first-order valence-electron chi connectivity index (χ1n) is 5.15. The van der Waals surface area contributed by atoms with Gasteiger partial charge >= 0.3 is 0 Å². The van der Waals surface area contributed by atoms with Crippen molar-refractivity contribution in [3.8, 4) is 11.6 Å². The van der Waals surface area contributed by atoms with Gasteiger partial charge in [0.2, 0.25) is 5.88 Å². The average molecular weight is 294 g/mol. The van der Waals surface area contributed by atoms with Crippen LogP contribution in [0.1, 0.15) is 18.5 Å². The Kier molecular flexibility index (Phi) is 3.71. The van der Waals surface area contributed by atoms with Gasteiger partial charge in [0, 0.05) is 28.5 Å². The predicted molar refractivity (Wildman–Crippen MR) is 68.9 cm³/mol. The molecule has 0 aliphatic heterocycles. The molecule has 88 valence electrons. The van der Waals surface area contributed by atoms with Crippen LogP contribution in [0.4, 0.5) is 0 Å². The van der Waals surface area contributed by atoms with E-state index in [0.29, 0.717) is 11.6 Å². The second-order valence-corrected chi connectivity index (χ2v) is 4.54. The van der Waals surface area contributed by atoms with Gasteiger partial charge in [0.05, 0.1) is 6.20 Å². The Labute approximate surface area is 108 Å². The maximum Gasteiger partial charge on any atom is 0.224 e. The fraction of sp³-hybridized carbons (Fsp3) is 0.167. The summed E-state index contributed by atoms with van der Waals surface area (Å²) < 4.78 is 6.52. The standard InChI is InChI=1S/C12H12BrN3O/c1-8(14)11-3-2-4-16-12(11)17-10-5-9(13)6-15-7-10/h2-8H,14H2,1H3/t8-/m0/s1. The Hall–Kier alpha value is -1.46. The minimum atomic E-state index is -0.126. The van der Waals surface area contributed by atoms with Crippen LogP contribution in [0.5, 0.6) is 11.6 Å². The maximum absolute atomic E-state index is 5.85. The van der Waals surface area contributed by atoms with Crippen molar-refractivity contribution in [2.24, 2.45) is 5.73 Å². The van der Waals surface area contributed by atoms with Gasteiger partial charge in [0.1, 0.15) is 5.75 Å². The van der Waals surface area contributed by atoms with Gasteiger partial charge in [0.15, 0.2) is 0 Å². The Morgan fingerprint density at radius 3 is 2.94 bits per heavy atom. The van der Waals surface area contributed by atoms with Crippen LogP contribution in [-0.2, 0) is 0 Å². The van der Waals surface area contributed by atoms with Crippen molar-refractivity contribution in [2.45, 2.75) is 13.0 Å². The molecule has 0 spiro atoms. The van der Waals surface area contributed by atoms with E-state index in [9.17, 15) is 0 Å². The molecule has 1 atom stereocenters. The van der Waals surface area contributed by atoms with Crippen LogP contribution >= 0.6 is 15.9 Å². The summed E-state index contributed by atoms with van der Waals surface area (Å²) >= 11 is 3.34. The molecular weight excluding hydrogens is 282 g/mol. The summed E-state index contributed by atoms with van der Waals surface area (Å²) in [5, 5.41) is 0. The molecule has 2 aromatic rings. The molecule has 2 rings (SSSR count). The van der Waals surface area contributed by atoms with E-state index >= 15 is 0 Å². The van der Waals surface area contributed by atoms with Crippen molar-refractivity contribution >= 4 is 15.9 Å². The summed E-state index contributed by atoms with van der Waals surface area (Å²) in [6.45, 7) is 1.89. The molecule has 0 aliphatic rings. The van der Waals surface area contributed by atoms with E-state index in [1.807, 2.05) is 25.1 Å². The van der Waals surface area contributed by atoms with Crippen LogP contribution in [-0.4, -0.2) is 9.97 Å². The highest BCUT2D eigenvalue weighted by Crippen LogP contribution is 2.26. The van der Waals surface area contributed by atoms with Gasteiger partial charge in [-0.25, -0.2) is 4.98 Å². The minimum Gasteiger partial charge on any atom is -0.437 e. The molecule has 2 heterocycles. The van der Waals surface area contributed by atoms with Crippen molar-refractivity contribution in [3.05, 3.63) is 46.8 Å². The summed E-state index contributed by atoms with van der Waals surface area (Å²) in [6.07, 6.45) is 4.99. The third kappa shape index (κ3) is 3.01. The number of hydrogen-bond donors (Lipinski definition) is 1. The first-order valence-corrected chi connectivity index (χ1v) is 5.95. The third-order valence-electron chi connectivity index (χ3n) is 2.19. The van der Waals surface area contributed by atoms with Gasteiger partial charge in [-0.2, -0.15) is 0 Å². The normalized spacial score (nSPS) is 12.2. The van der Waals surface area contributed by atoms with Gasteiger partial charge in [0.25, 0.3) is 0 Å². The summed E-state index contributed by atoms with van der Waals surface area (Å²) in [6, 6.07) is 5.44. The first kappa shape index (κ1) is 12.0. The Morgan fingerprint density at radius 2 is 2.24 bits per heavy atom. The Morgan fingerprint density at radius 1 is 1.41 bits per heavy atom. The summed E-state index contributed by atoms with van der Waals surface area (Å²) in [7, 11) is 0. The lowest BCUT2D eigenvalue weighted by molar-refractivity contribution is 0.449. The fourth-order valence-corrected chi connectivity index (χ4v) is 1.74. The molecule has 2 aromatic heterocycles. The molecule has 0 aliphatic carbocycles. The van der Waals surface area contributed by atoms with Gasteiger partial charge in [-0.05, 0) is 35.0 Å². The lowest BCUT2D eigenvalue weighted by Crippen LogP contribution is -2.07. The molecule has 0 radical (unpaired) electrons. The number of nitrogens with two attached hydrogens (primary N) is 1. The second-order valence-electron chi connectivity index (χ2n) is 3.63. The van der Waals surface area contributed by atoms with Crippen LogP contribution in [0.25, 0.3) is 0 Å². The van der Waals surface area contributed by atoms with Crippen LogP contribution in [0, 0.1) is 0 Å². The van der Waals surface area contributed by atoms with Crippen molar-refractivity contribution in [1.29, 1.82) is 0 Å². The molecule has 0 aromatic carbocycles. The van der Waals surface area contributed by atoms with Crippen LogP contribution in [0.3, 0.4) is 0 Å². The third-order valence-corrected chi connectivity index (χ3v) is 2.62. The number of hydrogen-bond acceptors (Lipinski definition) is 4. The molecule has 4 nitrogen and oxygen atoms in total. The van der Waals surface area contributed by atoms with Crippen molar-refractivity contribution < 1.29 is 4.74 Å². The van der Waals surface area contributed by atoms with Crippen LogP contribution in [0.2, 0.25) is 0 Å². The van der Waals surface area contributed by atoms with E-state index in [-0.39, 0.29) is 6.04 Å². The topological polar surface area (TPSA) is 61.0 Å². The van der Waals surface area contributed by atoms with E-state index in [0.717, 1.165) is 10.0 Å². The minimum absolute atomic E-state index is 0.126. The summed E-state index contributed by atoms with van der Waals surface area (Å²) in [5.41, 5.74) is 6.72. The van der Waals surface area contributed by atoms with Gasteiger partial charge < -0.3 is 10.5 Å². The zero-order valence-corrected chi connectivity index (χ0v) is 10.9. The molecule has 17 heavy (non-hydrogen) atoms. The average Bonchev–Trinajstić information content (AvgIpc) is 2.29. The van der Waals surface area contributed by atoms with E-state index < -0.39 is 0 Å². The highest BCUT2D eigenvalue weighted by Gasteiger charge is 2.09. The zero-order chi connectivity index (χ0) is 12.3. The van der Waals surface area contributed by atoms with E-state index in [4.69, 9.17) is 10.5 Å². The molecule has 0 fully saturated rings. The number of rotatable bonds is 3. The predicted octanol–water partition coefficient (Wildman–Crippen LogP) is 3.05. The van der Waals surface area contributed by atoms with Crippen molar-refractivity contribution in [2.75, 3.05) is 0 Å². The van der Waals surface area contributed by atoms with E-state index in [1.165, 1.54) is 0 Å². The lowest BCUT2D eigenvalue weighted by Gasteiger charge is -2.11. The zero-order valence-electron chi connectivity index (χ0n) is 9.30. The van der Waals surface area contributed by atoms with Gasteiger partial charge in [-0.15, -0.1) is 0 Å². The highest BCUT2D eigenvalue weighted by molar-refractivity contribution is 9.10. The number of ether oxygens (including phenoxy) is 1. The number of halogens is 1. The van der Waals surface area contributed by atoms with Crippen LogP contribution in [0.15, 0.2) is 41.3 Å². The monoisotopic (exact) mass is 293 g/mol. The first-order chi connectivity index (χ1) is 8.16. The number of nitrogens with zero attached hydrogens (tertiary/aromatic N) is 2. The molecule has 0 bridgehead atoms. The molecule has 5 heteroatoms. The Bertz CT molecular complexity index is 517. The molecule has 0 saturated heterocycles. The van der Waals surface area contributed by atoms with Crippen molar-refractivity contribution in [1.82, 2.24) is 9.97 Å².